The van der Waals surface area contributed by atoms with Crippen LogP contribution in [0.25, 0.3) is 0 Å². The zero-order valence-corrected chi connectivity index (χ0v) is 29.9. The van der Waals surface area contributed by atoms with E-state index in [1.54, 1.807) is 5.57 Å². The van der Waals surface area contributed by atoms with Crippen LogP contribution in [0.5, 0.6) is 0 Å². The van der Waals surface area contributed by atoms with Gasteiger partial charge in [-0.25, -0.2) is 0 Å². The van der Waals surface area contributed by atoms with Crippen molar-refractivity contribution in [1.29, 1.82) is 0 Å². The summed E-state index contributed by atoms with van der Waals surface area (Å²) in [5, 5.41) is 44.3. The second kappa shape index (κ2) is 11.8. The summed E-state index contributed by atoms with van der Waals surface area (Å²) >= 11 is 0. The minimum absolute atomic E-state index is 0.0133. The van der Waals surface area contributed by atoms with Gasteiger partial charge in [-0.3, -0.25) is 9.59 Å². The number of allylic oxidation sites excluding steroid dienone is 2. The van der Waals surface area contributed by atoms with Crippen LogP contribution in [-0.2, 0) is 19.1 Å². The number of aliphatic hydroxyl groups is 3. The van der Waals surface area contributed by atoms with Crippen LogP contribution >= 0.6 is 0 Å². The summed E-state index contributed by atoms with van der Waals surface area (Å²) in [4.78, 5) is 24.5. The van der Waals surface area contributed by atoms with Crippen molar-refractivity contribution in [1.82, 2.24) is 5.32 Å². The highest BCUT2D eigenvalue weighted by molar-refractivity contribution is 5.73. The molecule has 0 unspecified atom stereocenters. The van der Waals surface area contributed by atoms with Crippen molar-refractivity contribution >= 4 is 11.9 Å². The van der Waals surface area contributed by atoms with E-state index < -0.39 is 43.2 Å². The molecule has 1 heterocycles. The Bertz CT molecular complexity index is 1280. The third-order valence-corrected chi connectivity index (χ3v) is 15.3. The van der Waals surface area contributed by atoms with E-state index >= 15 is 0 Å². The lowest BCUT2D eigenvalue weighted by molar-refractivity contribution is -0.306. The Morgan fingerprint density at radius 1 is 0.957 bits per heavy atom. The molecule has 0 radical (unpaired) electrons. The molecule has 0 spiro atoms. The van der Waals surface area contributed by atoms with Crippen molar-refractivity contribution in [2.45, 2.75) is 150 Å². The number of carbonyl (C=O) groups is 2. The van der Waals surface area contributed by atoms with Gasteiger partial charge < -0.3 is 35.2 Å². The lowest BCUT2D eigenvalue weighted by Gasteiger charge is -2.71. The molecule has 1 aliphatic heterocycles. The summed E-state index contributed by atoms with van der Waals surface area (Å²) in [5.41, 5.74) is 1.55. The molecule has 9 heteroatoms. The molecule has 14 atom stereocenters. The zero-order valence-electron chi connectivity index (χ0n) is 29.9. The number of hydrogen-bond acceptors (Lipinski definition) is 7. The number of amides is 1. The minimum Gasteiger partial charge on any atom is -0.481 e. The first-order valence-electron chi connectivity index (χ1n) is 18.3. The standard InChI is InChI=1S/C38H61NO8/c1-20(41)39-29-31(43)30(42)25(19-40)46-33(29)47-28-13-14-36(6)26(35(28,4)5)12-16-38(8)27(36)10-9-24-22-17-34(2,3)18-23(32(44)45)21(22)11-15-37(24,38)7/h9,21-23,25-31,33,40,42-43H,10-19H2,1-8H3,(H,39,41)(H,44,45)/t21-,22+,23+,25+,26+,27+,28-,29+,30+,31+,33-,36-,37+,38+/m0/s1. The Hall–Kier alpha value is -1.52. The number of nitrogens with one attached hydrogen (secondary N) is 1. The molecule has 1 saturated heterocycles. The fourth-order valence-electron chi connectivity index (χ4n) is 12.8. The number of rotatable bonds is 5. The van der Waals surface area contributed by atoms with E-state index in [-0.39, 0.29) is 50.9 Å². The van der Waals surface area contributed by atoms with E-state index in [0.717, 1.165) is 57.8 Å². The number of aliphatic carboxylic acids is 1. The molecule has 5 fully saturated rings. The lowest BCUT2D eigenvalue weighted by Crippen LogP contribution is -2.67. The molecule has 47 heavy (non-hydrogen) atoms. The van der Waals surface area contributed by atoms with E-state index in [1.165, 1.54) is 6.92 Å². The number of carboxylic acids is 1. The first-order chi connectivity index (χ1) is 21.8. The highest BCUT2D eigenvalue weighted by atomic mass is 16.7. The van der Waals surface area contributed by atoms with Crippen LogP contribution in [-0.4, -0.2) is 75.7 Å². The van der Waals surface area contributed by atoms with E-state index in [9.17, 15) is 30.0 Å². The number of aliphatic hydroxyl groups excluding tert-OH is 3. The van der Waals surface area contributed by atoms with Crippen molar-refractivity contribution in [2.24, 2.45) is 56.7 Å². The molecule has 6 rings (SSSR count). The summed E-state index contributed by atoms with van der Waals surface area (Å²) in [6.07, 6.45) is 6.55. The van der Waals surface area contributed by atoms with Crippen molar-refractivity contribution in [3.63, 3.8) is 0 Å². The third-order valence-electron chi connectivity index (χ3n) is 15.3. The Balaban J connectivity index is 1.27. The molecule has 6 aliphatic rings. The first-order valence-corrected chi connectivity index (χ1v) is 18.3. The first kappa shape index (κ1) is 35.3. The highest BCUT2D eigenvalue weighted by Crippen LogP contribution is 2.75. The van der Waals surface area contributed by atoms with Gasteiger partial charge in [0.05, 0.1) is 18.6 Å². The van der Waals surface area contributed by atoms with E-state index in [4.69, 9.17) is 9.47 Å². The average molecular weight is 660 g/mol. The lowest BCUT2D eigenvalue weighted by atomic mass is 9.34. The summed E-state index contributed by atoms with van der Waals surface area (Å²) in [7, 11) is 0. The largest absolute Gasteiger partial charge is 0.481 e. The van der Waals surface area contributed by atoms with E-state index in [1.807, 2.05) is 0 Å². The number of fused-ring (bicyclic) bond motifs is 7. The number of carboxylic acid groups (broad SMARTS) is 1. The molecule has 9 nitrogen and oxygen atoms in total. The molecule has 5 aliphatic carbocycles. The summed E-state index contributed by atoms with van der Waals surface area (Å²) in [6, 6.07) is -0.952. The fraction of sp³-hybridized carbons (Fsp3) is 0.895. The van der Waals surface area contributed by atoms with Gasteiger partial charge in [0.15, 0.2) is 6.29 Å². The van der Waals surface area contributed by atoms with Crippen LogP contribution in [0.4, 0.5) is 0 Å². The third kappa shape index (κ3) is 5.35. The van der Waals surface area contributed by atoms with Crippen molar-refractivity contribution in [2.75, 3.05) is 6.61 Å². The number of ether oxygens (including phenoxy) is 2. The zero-order chi connectivity index (χ0) is 34.5. The molecule has 5 N–H and O–H groups in total. The van der Waals surface area contributed by atoms with Crippen LogP contribution in [0.1, 0.15) is 113 Å². The number of hydrogen-bond donors (Lipinski definition) is 5. The maximum atomic E-state index is 12.5. The predicted molar refractivity (Wildman–Crippen MR) is 177 cm³/mol. The summed E-state index contributed by atoms with van der Waals surface area (Å²) in [6.45, 7) is 17.6. The van der Waals surface area contributed by atoms with Gasteiger partial charge in [0.25, 0.3) is 0 Å². The van der Waals surface area contributed by atoms with Gasteiger partial charge in [0.1, 0.15) is 24.4 Å². The quantitative estimate of drug-likeness (QED) is 0.204. The monoisotopic (exact) mass is 659 g/mol. The molecule has 1 amide bonds. The molecule has 0 aromatic carbocycles. The van der Waals surface area contributed by atoms with Gasteiger partial charge in [-0.2, -0.15) is 0 Å². The fourth-order valence-corrected chi connectivity index (χ4v) is 12.8. The molecule has 4 saturated carbocycles. The average Bonchev–Trinajstić information content (AvgIpc) is 2.97. The van der Waals surface area contributed by atoms with Crippen LogP contribution in [0.3, 0.4) is 0 Å². The van der Waals surface area contributed by atoms with Crippen molar-refractivity contribution in [3.8, 4) is 0 Å². The predicted octanol–water partition coefficient (Wildman–Crippen LogP) is 5.06. The molecule has 0 bridgehead atoms. The Morgan fingerprint density at radius 2 is 1.66 bits per heavy atom. The minimum atomic E-state index is -1.34. The normalized spacial score (nSPS) is 50.1. The molecule has 0 aromatic rings. The van der Waals surface area contributed by atoms with Gasteiger partial charge in [-0.05, 0) is 109 Å². The van der Waals surface area contributed by atoms with Crippen LogP contribution < -0.4 is 5.32 Å². The van der Waals surface area contributed by atoms with Gasteiger partial charge in [0, 0.05) is 6.92 Å². The van der Waals surface area contributed by atoms with Crippen LogP contribution in [0.15, 0.2) is 11.6 Å². The second-order valence-corrected chi connectivity index (χ2v) is 18.5. The molecule has 0 aromatic heterocycles. The van der Waals surface area contributed by atoms with Gasteiger partial charge in [-0.1, -0.05) is 60.1 Å². The Kier molecular flexibility index (Phi) is 8.85. The SMILES string of the molecule is CC(=O)N[C@H]1[C@H](O[C@H]2CC[C@@]3(C)[C@H](CC[C@]4(C)[C@@H]3CC=C3[C@@H]5CC(C)(C)C[C@@H](C(=O)O)[C@H]5CC[C@]34C)C2(C)C)O[C@H](CO)[C@@H](O)[C@@H]1O. The van der Waals surface area contributed by atoms with E-state index in [2.05, 4.69) is 59.9 Å². The second-order valence-electron chi connectivity index (χ2n) is 18.5. The van der Waals surface area contributed by atoms with E-state index in [0.29, 0.717) is 17.8 Å². The van der Waals surface area contributed by atoms with Crippen molar-refractivity contribution < 1.29 is 39.5 Å². The van der Waals surface area contributed by atoms with Gasteiger partial charge in [-0.15, -0.1) is 0 Å². The number of carbonyl (C=O) groups excluding carboxylic acids is 1. The van der Waals surface area contributed by atoms with Gasteiger partial charge >= 0.3 is 5.97 Å². The topological polar surface area (TPSA) is 146 Å². The maximum absolute atomic E-state index is 12.5. The smallest absolute Gasteiger partial charge is 0.306 e. The Morgan fingerprint density at radius 3 is 2.30 bits per heavy atom. The van der Waals surface area contributed by atoms with Crippen LogP contribution in [0, 0.1) is 56.7 Å². The van der Waals surface area contributed by atoms with Gasteiger partial charge in [0.2, 0.25) is 5.91 Å². The van der Waals surface area contributed by atoms with Crippen LogP contribution in [0.2, 0.25) is 0 Å². The molecular formula is C38H61NO8. The molecular weight excluding hydrogens is 598 g/mol. The highest BCUT2D eigenvalue weighted by Gasteiger charge is 2.68. The maximum Gasteiger partial charge on any atom is 0.306 e. The van der Waals surface area contributed by atoms with Crippen molar-refractivity contribution in [3.05, 3.63) is 11.6 Å². The summed E-state index contributed by atoms with van der Waals surface area (Å²) < 4.78 is 12.7. The summed E-state index contributed by atoms with van der Waals surface area (Å²) in [5.74, 6) is 0.187. The Labute approximate surface area is 281 Å². The molecule has 266 valence electrons.